The molecule has 1 aromatic carbocycles. The first-order chi connectivity index (χ1) is 23.7. The number of carboxylic acids is 2. The van der Waals surface area contributed by atoms with E-state index < -0.39 is 24.3 Å². The number of carboxylic acid groups (broad SMARTS) is 2. The van der Waals surface area contributed by atoms with Gasteiger partial charge >= 0.3 is 24.3 Å². The van der Waals surface area contributed by atoms with Crippen LogP contribution >= 0.6 is 11.6 Å². The molecule has 5 rings (SSSR count). The Kier molecular flexibility index (Phi) is 13.8. The predicted octanol–water partition coefficient (Wildman–Crippen LogP) is 5.74. The van der Waals surface area contributed by atoms with Crippen molar-refractivity contribution in [2.24, 2.45) is 0 Å². The van der Waals surface area contributed by atoms with Crippen LogP contribution in [0.15, 0.2) is 59.7 Å². The summed E-state index contributed by atoms with van der Waals surface area (Å²) in [7, 11) is 1.89. The van der Waals surface area contributed by atoms with Crippen molar-refractivity contribution < 1.29 is 55.7 Å². The first kappa shape index (κ1) is 40.5. The minimum absolute atomic E-state index is 0.119. The van der Waals surface area contributed by atoms with Crippen molar-refractivity contribution in [1.29, 1.82) is 0 Å². The number of hydrogen-bond donors (Lipinski definition) is 2. The number of pyridine rings is 2. The molecule has 2 aromatic heterocycles. The van der Waals surface area contributed by atoms with Crippen LogP contribution in [0.5, 0.6) is 5.75 Å². The van der Waals surface area contributed by atoms with Crippen molar-refractivity contribution >= 4 is 41.2 Å². The molecular formula is C33H33ClF6N4O7. The number of fused-ring (bicyclic) bond motifs is 1. The zero-order valence-corrected chi connectivity index (χ0v) is 27.9. The number of likely N-dealkylation sites (N-methyl/N-ethyl adjacent to an activating group) is 1. The summed E-state index contributed by atoms with van der Waals surface area (Å²) in [6, 6.07) is 13.8. The maximum absolute atomic E-state index is 12.9. The predicted molar refractivity (Wildman–Crippen MR) is 173 cm³/mol. The fraction of sp³-hybridized carbons (Fsp3) is 0.364. The lowest BCUT2D eigenvalue weighted by atomic mass is 9.93. The molecule has 1 unspecified atom stereocenters. The average Bonchev–Trinajstić information content (AvgIpc) is 3.52. The Labute approximate surface area is 292 Å². The van der Waals surface area contributed by atoms with E-state index in [2.05, 4.69) is 34.2 Å². The molecule has 0 saturated carbocycles. The molecule has 1 atom stereocenters. The van der Waals surface area contributed by atoms with Crippen molar-refractivity contribution in [2.75, 3.05) is 20.1 Å². The van der Waals surface area contributed by atoms with Crippen LogP contribution in [0.4, 0.5) is 26.3 Å². The maximum atomic E-state index is 12.9. The van der Waals surface area contributed by atoms with Gasteiger partial charge in [0.1, 0.15) is 12.4 Å². The molecule has 0 radical (unpaired) electrons. The number of amides is 1. The standard InChI is InChI=1S/C29H31ClN4O3.2C2HF3O2/c1-20(35)32(2)27-9-11-33(18-27)17-21-3-4-23-14-26(8-5-22(23)13-21)34-12-10-28(15-29(34)36)37-19-25-7-6-24(30)16-31-25;2*3-2(4,5)1(6)7/h3-4,6-7,10,12-16,27H,5,8-9,11,17-19H2,1-2H3;2*(H,6,7). The summed E-state index contributed by atoms with van der Waals surface area (Å²) in [4.78, 5) is 50.8. The average molecular weight is 747 g/mol. The Morgan fingerprint density at radius 1 is 1.00 bits per heavy atom. The van der Waals surface area contributed by atoms with Gasteiger partial charge in [-0.05, 0) is 60.2 Å². The third-order valence-corrected chi connectivity index (χ3v) is 7.96. The molecule has 1 fully saturated rings. The lowest BCUT2D eigenvalue weighted by Crippen LogP contribution is -2.37. The van der Waals surface area contributed by atoms with E-state index in [0.29, 0.717) is 16.8 Å². The van der Waals surface area contributed by atoms with Crippen molar-refractivity contribution in [2.45, 2.75) is 57.7 Å². The van der Waals surface area contributed by atoms with E-state index in [-0.39, 0.29) is 18.1 Å². The van der Waals surface area contributed by atoms with Crippen LogP contribution in [-0.4, -0.2) is 85.9 Å². The zero-order valence-electron chi connectivity index (χ0n) is 27.2. The number of ether oxygens (including phenoxy) is 1. The highest BCUT2D eigenvalue weighted by atomic mass is 35.5. The quantitative estimate of drug-likeness (QED) is 0.290. The summed E-state index contributed by atoms with van der Waals surface area (Å²) in [5.41, 5.74) is 5.35. The molecule has 51 heavy (non-hydrogen) atoms. The number of aromatic nitrogens is 2. The van der Waals surface area contributed by atoms with E-state index in [0.717, 1.165) is 55.9 Å². The SMILES string of the molecule is CC(=O)N(C)C1CCN(Cc2ccc3c(c2)CCC(n2ccc(OCc4ccc(Cl)cn4)cc2=O)=C3)C1.O=C(O)C(F)(F)F.O=C(O)C(F)(F)F. The van der Waals surface area contributed by atoms with Gasteiger partial charge in [-0.1, -0.05) is 29.8 Å². The first-order valence-corrected chi connectivity index (χ1v) is 15.5. The molecule has 3 aromatic rings. The number of aryl methyl sites for hydroxylation is 1. The smallest absolute Gasteiger partial charge is 0.487 e. The molecule has 1 amide bonds. The number of allylic oxidation sites excluding steroid dienone is 1. The summed E-state index contributed by atoms with van der Waals surface area (Å²) in [5, 5.41) is 14.8. The second-order valence-corrected chi connectivity index (χ2v) is 11.8. The summed E-state index contributed by atoms with van der Waals surface area (Å²) in [5.74, 6) is -4.88. The molecule has 1 aliphatic heterocycles. The van der Waals surface area contributed by atoms with E-state index in [1.807, 2.05) is 18.0 Å². The highest BCUT2D eigenvalue weighted by molar-refractivity contribution is 6.30. The molecule has 1 aliphatic carbocycles. The molecule has 0 spiro atoms. The Morgan fingerprint density at radius 3 is 2.20 bits per heavy atom. The van der Waals surface area contributed by atoms with Crippen molar-refractivity contribution in [3.63, 3.8) is 0 Å². The lowest BCUT2D eigenvalue weighted by molar-refractivity contribution is -0.193. The third-order valence-electron chi connectivity index (χ3n) is 7.74. The van der Waals surface area contributed by atoms with Gasteiger partial charge in [0.15, 0.2) is 0 Å². The fourth-order valence-corrected chi connectivity index (χ4v) is 5.16. The van der Waals surface area contributed by atoms with Crippen LogP contribution in [0.25, 0.3) is 11.8 Å². The van der Waals surface area contributed by atoms with E-state index in [1.165, 1.54) is 17.2 Å². The van der Waals surface area contributed by atoms with Crippen LogP contribution in [0.1, 0.15) is 42.1 Å². The largest absolute Gasteiger partial charge is 0.490 e. The summed E-state index contributed by atoms with van der Waals surface area (Å²) in [6.07, 6.45) is -2.01. The lowest BCUT2D eigenvalue weighted by Gasteiger charge is -2.24. The topological polar surface area (TPSA) is 142 Å². The van der Waals surface area contributed by atoms with Gasteiger partial charge in [-0.3, -0.25) is 24.0 Å². The van der Waals surface area contributed by atoms with Gasteiger partial charge in [0.05, 0.1) is 10.7 Å². The van der Waals surface area contributed by atoms with Crippen LogP contribution in [0.2, 0.25) is 5.02 Å². The zero-order chi connectivity index (χ0) is 38.1. The van der Waals surface area contributed by atoms with Crippen LogP contribution in [0, 0.1) is 0 Å². The molecule has 2 aliphatic rings. The van der Waals surface area contributed by atoms with Crippen LogP contribution < -0.4 is 10.3 Å². The van der Waals surface area contributed by atoms with Gasteiger partial charge < -0.3 is 19.8 Å². The summed E-state index contributed by atoms with van der Waals surface area (Å²) in [6.45, 7) is 4.70. The Hall–Kier alpha value is -4.90. The molecule has 1 saturated heterocycles. The number of hydrogen-bond acceptors (Lipinski definition) is 7. The first-order valence-electron chi connectivity index (χ1n) is 15.1. The fourth-order valence-electron chi connectivity index (χ4n) is 5.04. The third kappa shape index (κ3) is 12.4. The maximum Gasteiger partial charge on any atom is 0.490 e. The molecule has 2 N–H and O–H groups in total. The number of carbonyl (C=O) groups is 3. The van der Waals surface area contributed by atoms with Crippen molar-refractivity contribution in [3.05, 3.63) is 92.6 Å². The summed E-state index contributed by atoms with van der Waals surface area (Å²) >= 11 is 5.87. The van der Waals surface area contributed by atoms with Gasteiger partial charge in [0.2, 0.25) is 5.91 Å². The highest BCUT2D eigenvalue weighted by Gasteiger charge is 2.39. The van der Waals surface area contributed by atoms with E-state index in [9.17, 15) is 35.9 Å². The molecule has 11 nitrogen and oxygen atoms in total. The monoisotopic (exact) mass is 746 g/mol. The number of benzene rings is 1. The van der Waals surface area contributed by atoms with Gasteiger partial charge in [0, 0.05) is 63.8 Å². The highest BCUT2D eigenvalue weighted by Crippen LogP contribution is 2.28. The number of halogens is 7. The second kappa shape index (κ2) is 17.4. The Bertz CT molecular complexity index is 1770. The molecule has 18 heteroatoms. The minimum Gasteiger partial charge on any atom is -0.487 e. The Morgan fingerprint density at radius 2 is 1.65 bits per heavy atom. The number of likely N-dealkylation sites (tertiary alicyclic amines) is 1. The molecule has 0 bridgehead atoms. The minimum atomic E-state index is -5.08. The van der Waals surface area contributed by atoms with E-state index in [1.54, 1.807) is 36.0 Å². The van der Waals surface area contributed by atoms with E-state index >= 15 is 0 Å². The second-order valence-electron chi connectivity index (χ2n) is 11.4. The van der Waals surface area contributed by atoms with Gasteiger partial charge in [0.25, 0.3) is 5.56 Å². The van der Waals surface area contributed by atoms with E-state index in [4.69, 9.17) is 36.1 Å². The number of alkyl halides is 6. The molecule has 276 valence electrons. The molecule has 3 heterocycles. The normalized spacial score (nSPS) is 15.6. The van der Waals surface area contributed by atoms with Crippen LogP contribution in [-0.2, 0) is 34.0 Å². The van der Waals surface area contributed by atoms with Gasteiger partial charge in [-0.2, -0.15) is 26.3 Å². The number of rotatable bonds is 7. The number of carbonyl (C=O) groups excluding carboxylic acids is 1. The Balaban J connectivity index is 0.000000424. The van der Waals surface area contributed by atoms with Gasteiger partial charge in [-0.25, -0.2) is 9.59 Å². The summed E-state index contributed by atoms with van der Waals surface area (Å²) < 4.78 is 70.9. The van der Waals surface area contributed by atoms with Crippen molar-refractivity contribution in [3.8, 4) is 5.75 Å². The number of aliphatic carboxylic acids is 2. The van der Waals surface area contributed by atoms with Crippen LogP contribution in [0.3, 0.4) is 0 Å². The van der Waals surface area contributed by atoms with Crippen molar-refractivity contribution in [1.82, 2.24) is 19.4 Å². The number of nitrogens with zero attached hydrogens (tertiary/aromatic N) is 4. The van der Waals surface area contributed by atoms with Gasteiger partial charge in [-0.15, -0.1) is 0 Å². The molecular weight excluding hydrogens is 714 g/mol.